The van der Waals surface area contributed by atoms with Crippen LogP contribution in [-0.2, 0) is 4.79 Å². The van der Waals surface area contributed by atoms with Crippen molar-refractivity contribution in [3.05, 3.63) is 0 Å². The number of carboxylic acids is 1. The van der Waals surface area contributed by atoms with Crippen molar-refractivity contribution < 1.29 is 14.7 Å². The SMILES string of the molecule is NC(=O)N1CCCCCC1CCC(=O)O. The summed E-state index contributed by atoms with van der Waals surface area (Å²) in [5.74, 6) is -0.816. The van der Waals surface area contributed by atoms with Crippen molar-refractivity contribution in [2.45, 2.75) is 44.6 Å². The van der Waals surface area contributed by atoms with E-state index in [-0.39, 0.29) is 12.5 Å². The predicted molar refractivity (Wildman–Crippen MR) is 55.4 cm³/mol. The van der Waals surface area contributed by atoms with Crippen molar-refractivity contribution in [1.82, 2.24) is 4.90 Å². The van der Waals surface area contributed by atoms with Crippen molar-refractivity contribution in [3.8, 4) is 0 Å². The number of carboxylic acid groups (broad SMARTS) is 1. The second kappa shape index (κ2) is 5.58. The normalized spacial score (nSPS) is 22.1. The molecular weight excluding hydrogens is 196 g/mol. The smallest absolute Gasteiger partial charge is 0.315 e. The van der Waals surface area contributed by atoms with Crippen LogP contribution in [-0.4, -0.2) is 34.6 Å². The van der Waals surface area contributed by atoms with Gasteiger partial charge in [-0.15, -0.1) is 0 Å². The van der Waals surface area contributed by atoms with Crippen LogP contribution in [0.15, 0.2) is 0 Å². The third-order valence-corrected chi connectivity index (χ3v) is 2.85. The molecule has 15 heavy (non-hydrogen) atoms. The number of hydrogen-bond acceptors (Lipinski definition) is 2. The minimum Gasteiger partial charge on any atom is -0.481 e. The van der Waals surface area contributed by atoms with Crippen molar-refractivity contribution in [2.75, 3.05) is 6.54 Å². The minimum atomic E-state index is -0.816. The summed E-state index contributed by atoms with van der Waals surface area (Å²) in [7, 11) is 0. The van der Waals surface area contributed by atoms with Crippen LogP contribution in [0.1, 0.15) is 38.5 Å². The molecule has 1 unspecified atom stereocenters. The maximum atomic E-state index is 11.2. The standard InChI is InChI=1S/C10H18N2O3/c11-10(15)12-7-3-1-2-4-8(12)5-6-9(13)14/h8H,1-7H2,(H2,11,15)(H,13,14). The minimum absolute atomic E-state index is 0.0149. The first kappa shape index (κ1) is 11.8. The van der Waals surface area contributed by atoms with E-state index >= 15 is 0 Å². The quantitative estimate of drug-likeness (QED) is 0.739. The number of nitrogens with zero attached hydrogens (tertiary/aromatic N) is 1. The van der Waals surface area contributed by atoms with Crippen LogP contribution < -0.4 is 5.73 Å². The monoisotopic (exact) mass is 214 g/mol. The third-order valence-electron chi connectivity index (χ3n) is 2.85. The average Bonchev–Trinajstić information content (AvgIpc) is 2.39. The number of primary amides is 1. The molecule has 0 aromatic heterocycles. The fraction of sp³-hybridized carbons (Fsp3) is 0.800. The zero-order chi connectivity index (χ0) is 11.3. The molecule has 1 fully saturated rings. The van der Waals surface area contributed by atoms with Crippen molar-refractivity contribution >= 4 is 12.0 Å². The zero-order valence-electron chi connectivity index (χ0n) is 8.82. The average molecular weight is 214 g/mol. The molecule has 1 aliphatic heterocycles. The van der Waals surface area contributed by atoms with Crippen molar-refractivity contribution in [1.29, 1.82) is 0 Å². The Labute approximate surface area is 89.2 Å². The van der Waals surface area contributed by atoms with Crippen LogP contribution >= 0.6 is 0 Å². The highest BCUT2D eigenvalue weighted by atomic mass is 16.4. The highest BCUT2D eigenvalue weighted by molar-refractivity contribution is 5.72. The number of carbonyl (C=O) groups excluding carboxylic acids is 1. The summed E-state index contributed by atoms with van der Waals surface area (Å²) in [6.07, 6.45) is 4.59. The Bertz CT molecular complexity index is 243. The molecule has 0 saturated carbocycles. The van der Waals surface area contributed by atoms with E-state index in [2.05, 4.69) is 0 Å². The van der Waals surface area contributed by atoms with Crippen LogP contribution in [0.3, 0.4) is 0 Å². The fourth-order valence-electron chi connectivity index (χ4n) is 2.06. The van der Waals surface area contributed by atoms with Crippen LogP contribution in [0.25, 0.3) is 0 Å². The van der Waals surface area contributed by atoms with E-state index in [0.29, 0.717) is 13.0 Å². The van der Waals surface area contributed by atoms with Gasteiger partial charge in [0.15, 0.2) is 0 Å². The second-order valence-electron chi connectivity index (χ2n) is 3.97. The molecule has 0 spiro atoms. The predicted octanol–water partition coefficient (Wildman–Crippen LogP) is 1.17. The molecule has 5 nitrogen and oxygen atoms in total. The Morgan fingerprint density at radius 1 is 1.33 bits per heavy atom. The highest BCUT2D eigenvalue weighted by Crippen LogP contribution is 2.20. The highest BCUT2D eigenvalue weighted by Gasteiger charge is 2.23. The first-order chi connectivity index (χ1) is 7.11. The van der Waals surface area contributed by atoms with Gasteiger partial charge >= 0.3 is 12.0 Å². The molecule has 1 heterocycles. The summed E-state index contributed by atoms with van der Waals surface area (Å²) >= 11 is 0. The van der Waals surface area contributed by atoms with Gasteiger partial charge in [-0.3, -0.25) is 4.79 Å². The first-order valence-electron chi connectivity index (χ1n) is 5.39. The first-order valence-corrected chi connectivity index (χ1v) is 5.39. The van der Waals surface area contributed by atoms with Gasteiger partial charge in [-0.25, -0.2) is 4.79 Å². The molecule has 1 aliphatic rings. The Balaban J connectivity index is 2.54. The molecule has 0 aromatic carbocycles. The lowest BCUT2D eigenvalue weighted by Gasteiger charge is -2.27. The zero-order valence-corrected chi connectivity index (χ0v) is 8.82. The Morgan fingerprint density at radius 2 is 2.07 bits per heavy atom. The van der Waals surface area contributed by atoms with Gasteiger partial charge in [-0.1, -0.05) is 12.8 Å². The molecule has 2 amide bonds. The maximum absolute atomic E-state index is 11.2. The summed E-state index contributed by atoms with van der Waals surface area (Å²) < 4.78 is 0. The van der Waals surface area contributed by atoms with E-state index in [0.717, 1.165) is 25.7 Å². The number of rotatable bonds is 3. The summed E-state index contributed by atoms with van der Waals surface area (Å²) in [6.45, 7) is 0.666. The number of nitrogens with two attached hydrogens (primary N) is 1. The molecule has 86 valence electrons. The summed E-state index contributed by atoms with van der Waals surface area (Å²) in [4.78, 5) is 23.3. The van der Waals surface area contributed by atoms with E-state index in [4.69, 9.17) is 10.8 Å². The molecule has 0 aromatic rings. The second-order valence-corrected chi connectivity index (χ2v) is 3.97. The van der Waals surface area contributed by atoms with Crippen LogP contribution in [0, 0.1) is 0 Å². The van der Waals surface area contributed by atoms with Gasteiger partial charge in [0.2, 0.25) is 0 Å². The summed E-state index contributed by atoms with van der Waals surface area (Å²) in [6, 6.07) is -0.409. The molecule has 0 bridgehead atoms. The third kappa shape index (κ3) is 3.77. The number of aliphatic carboxylic acids is 1. The van der Waals surface area contributed by atoms with Crippen LogP contribution in [0.4, 0.5) is 4.79 Å². The van der Waals surface area contributed by atoms with Gasteiger partial charge in [-0.05, 0) is 19.3 Å². The number of carbonyl (C=O) groups is 2. The van der Waals surface area contributed by atoms with Gasteiger partial charge in [0.05, 0.1) is 0 Å². The van der Waals surface area contributed by atoms with E-state index in [9.17, 15) is 9.59 Å². The molecule has 1 rings (SSSR count). The lowest BCUT2D eigenvalue weighted by Crippen LogP contribution is -2.43. The molecule has 1 atom stereocenters. The topological polar surface area (TPSA) is 83.6 Å². The van der Waals surface area contributed by atoms with E-state index in [1.165, 1.54) is 0 Å². The molecule has 1 saturated heterocycles. The van der Waals surface area contributed by atoms with E-state index < -0.39 is 12.0 Å². The molecule has 5 heteroatoms. The Morgan fingerprint density at radius 3 is 2.67 bits per heavy atom. The van der Waals surface area contributed by atoms with Gasteiger partial charge in [-0.2, -0.15) is 0 Å². The van der Waals surface area contributed by atoms with Gasteiger partial charge < -0.3 is 15.7 Å². The lowest BCUT2D eigenvalue weighted by atomic mass is 10.0. The Kier molecular flexibility index (Phi) is 4.39. The van der Waals surface area contributed by atoms with Gasteiger partial charge in [0, 0.05) is 19.0 Å². The fourth-order valence-corrected chi connectivity index (χ4v) is 2.06. The van der Waals surface area contributed by atoms with Crippen LogP contribution in [0.5, 0.6) is 0 Å². The largest absolute Gasteiger partial charge is 0.481 e. The summed E-state index contributed by atoms with van der Waals surface area (Å²) in [5, 5.41) is 8.60. The number of amides is 2. The molecule has 3 N–H and O–H groups in total. The lowest BCUT2D eigenvalue weighted by molar-refractivity contribution is -0.137. The maximum Gasteiger partial charge on any atom is 0.315 e. The number of likely N-dealkylation sites (tertiary alicyclic amines) is 1. The van der Waals surface area contributed by atoms with Crippen molar-refractivity contribution in [3.63, 3.8) is 0 Å². The molecule has 0 radical (unpaired) electrons. The summed E-state index contributed by atoms with van der Waals surface area (Å²) in [5.41, 5.74) is 5.27. The van der Waals surface area contributed by atoms with E-state index in [1.54, 1.807) is 4.90 Å². The van der Waals surface area contributed by atoms with Crippen molar-refractivity contribution in [2.24, 2.45) is 5.73 Å². The molecule has 0 aliphatic carbocycles. The molecular formula is C10H18N2O3. The van der Waals surface area contributed by atoms with Gasteiger partial charge in [0.1, 0.15) is 0 Å². The number of hydrogen-bond donors (Lipinski definition) is 2. The van der Waals surface area contributed by atoms with Crippen LogP contribution in [0.2, 0.25) is 0 Å². The number of urea groups is 1. The Hall–Kier alpha value is -1.26. The van der Waals surface area contributed by atoms with E-state index in [1.807, 2.05) is 0 Å². The van der Waals surface area contributed by atoms with Gasteiger partial charge in [0.25, 0.3) is 0 Å².